The Morgan fingerprint density at radius 3 is 2.34 bits per heavy atom. The van der Waals surface area contributed by atoms with Gasteiger partial charge in [-0.25, -0.2) is 0 Å². The number of nitro groups is 1. The molecule has 5 rings (SSSR count). The van der Waals surface area contributed by atoms with Crippen molar-refractivity contribution in [1.82, 2.24) is 10.2 Å². The van der Waals surface area contributed by atoms with E-state index in [9.17, 15) is 20.0 Å². The molecule has 2 aliphatic carbocycles. The summed E-state index contributed by atoms with van der Waals surface area (Å²) in [7, 11) is 0. The first kappa shape index (κ1) is 21.1. The van der Waals surface area contributed by atoms with Crippen LogP contribution in [-0.4, -0.2) is 40.0 Å². The molecule has 3 fully saturated rings. The number of aliphatic hydroxyl groups is 1. The minimum Gasteiger partial charge on any atom is -0.375 e. The molecule has 2 N–H and O–H groups in total. The van der Waals surface area contributed by atoms with Crippen LogP contribution in [0, 0.1) is 27.9 Å². The van der Waals surface area contributed by atoms with Crippen LogP contribution in [0.5, 0.6) is 0 Å². The van der Waals surface area contributed by atoms with Crippen LogP contribution < -0.4 is 5.32 Å². The molecule has 0 bridgehead atoms. The molecule has 1 aliphatic heterocycles. The quantitative estimate of drug-likeness (QED) is 0.514. The number of carbonyl (C=O) groups excluding carboxylic acids is 1. The highest BCUT2D eigenvalue weighted by molar-refractivity contribution is 5.87. The molecule has 1 saturated heterocycles. The summed E-state index contributed by atoms with van der Waals surface area (Å²) in [6.07, 6.45) is 3.81. The van der Waals surface area contributed by atoms with Crippen LogP contribution in [0.4, 0.5) is 5.69 Å². The molecule has 1 amide bonds. The fraction of sp³-hybridized carbons (Fsp3) is 0.480. The summed E-state index contributed by atoms with van der Waals surface area (Å²) in [6, 6.07) is 16.3. The standard InChI is InChI=1S/C25H29N3O4/c29-24(25(30,19-11-5-6-12-19)18-9-2-1-3-10-18)26-23-20-15-27(16-21(20)23)14-17-8-4-7-13-22(17)28(31)32/h1-4,7-10,13,19-21,23,30H,5-6,11-12,14-16H2,(H,26,29)/t20-,21+,23?,25?. The van der Waals surface area contributed by atoms with E-state index in [0.717, 1.165) is 44.3 Å². The van der Waals surface area contributed by atoms with Crippen LogP contribution in [0.2, 0.25) is 0 Å². The number of carbonyl (C=O) groups is 1. The Labute approximate surface area is 187 Å². The fourth-order valence-electron chi connectivity index (χ4n) is 5.87. The predicted octanol–water partition coefficient (Wildman–Crippen LogP) is 3.22. The molecule has 3 aliphatic rings. The van der Waals surface area contributed by atoms with E-state index in [2.05, 4.69) is 10.2 Å². The van der Waals surface area contributed by atoms with Crippen LogP contribution in [0.25, 0.3) is 0 Å². The predicted molar refractivity (Wildman–Crippen MR) is 120 cm³/mol. The second-order valence-corrected chi connectivity index (χ2v) is 9.52. The van der Waals surface area contributed by atoms with Crippen LogP contribution in [-0.2, 0) is 16.9 Å². The zero-order valence-corrected chi connectivity index (χ0v) is 18.0. The minimum absolute atomic E-state index is 0.0568. The second-order valence-electron chi connectivity index (χ2n) is 9.52. The molecule has 2 aromatic carbocycles. The fourth-order valence-corrected chi connectivity index (χ4v) is 5.87. The van der Waals surface area contributed by atoms with Crippen molar-refractivity contribution in [2.45, 2.75) is 43.9 Å². The first-order valence-electron chi connectivity index (χ1n) is 11.5. The van der Waals surface area contributed by atoms with Gasteiger partial charge in [-0.15, -0.1) is 0 Å². The SMILES string of the molecule is O=C(NC1[C@H]2CN(Cc3ccccc3[N+](=O)[O-])C[C@@H]12)C(O)(c1ccccc1)C1CCCC1. The maximum absolute atomic E-state index is 13.4. The third kappa shape index (κ3) is 3.69. The summed E-state index contributed by atoms with van der Waals surface area (Å²) < 4.78 is 0. The van der Waals surface area contributed by atoms with Gasteiger partial charge in [0.1, 0.15) is 0 Å². The van der Waals surface area contributed by atoms with Gasteiger partial charge >= 0.3 is 0 Å². The lowest BCUT2D eigenvalue weighted by Gasteiger charge is -2.33. The number of hydrogen-bond acceptors (Lipinski definition) is 5. The number of hydrogen-bond donors (Lipinski definition) is 2. The topological polar surface area (TPSA) is 95.7 Å². The van der Waals surface area contributed by atoms with E-state index in [1.54, 1.807) is 12.1 Å². The number of benzene rings is 2. The van der Waals surface area contributed by atoms with Gasteiger partial charge in [0.15, 0.2) is 5.60 Å². The smallest absolute Gasteiger partial charge is 0.273 e. The number of fused-ring (bicyclic) bond motifs is 1. The van der Waals surface area contributed by atoms with Crippen molar-refractivity contribution in [2.24, 2.45) is 17.8 Å². The van der Waals surface area contributed by atoms with Gasteiger partial charge < -0.3 is 10.4 Å². The van der Waals surface area contributed by atoms with E-state index < -0.39 is 5.60 Å². The maximum atomic E-state index is 13.4. The molecule has 0 aromatic heterocycles. The number of amides is 1. The summed E-state index contributed by atoms with van der Waals surface area (Å²) in [5, 5.41) is 26.1. The summed E-state index contributed by atoms with van der Waals surface area (Å²) in [5.41, 5.74) is 0.0635. The van der Waals surface area contributed by atoms with Gasteiger partial charge in [0.2, 0.25) is 0 Å². The molecular formula is C25H29N3O4. The molecule has 0 spiro atoms. The molecular weight excluding hydrogens is 406 g/mol. The second kappa shape index (κ2) is 8.30. The molecule has 2 unspecified atom stereocenters. The minimum atomic E-state index is -1.49. The van der Waals surface area contributed by atoms with Crippen LogP contribution in [0.15, 0.2) is 54.6 Å². The van der Waals surface area contributed by atoms with Crippen molar-refractivity contribution in [1.29, 1.82) is 0 Å². The third-order valence-electron chi connectivity index (χ3n) is 7.66. The Kier molecular flexibility index (Phi) is 5.47. The number of rotatable bonds is 7. The Balaban J connectivity index is 1.23. The lowest BCUT2D eigenvalue weighted by atomic mass is 9.79. The van der Waals surface area contributed by atoms with Crippen molar-refractivity contribution < 1.29 is 14.8 Å². The first-order chi connectivity index (χ1) is 15.5. The number of piperidine rings is 1. The monoisotopic (exact) mass is 435 g/mol. The molecule has 2 aromatic rings. The van der Waals surface area contributed by atoms with E-state index in [1.807, 2.05) is 42.5 Å². The average molecular weight is 436 g/mol. The number of nitrogens with zero attached hydrogens (tertiary/aromatic N) is 2. The molecule has 2 saturated carbocycles. The van der Waals surface area contributed by atoms with Crippen molar-refractivity contribution in [3.05, 3.63) is 75.8 Å². The molecule has 168 valence electrons. The van der Waals surface area contributed by atoms with Crippen molar-refractivity contribution in [3.8, 4) is 0 Å². The van der Waals surface area contributed by atoms with Gasteiger partial charge in [-0.2, -0.15) is 0 Å². The van der Waals surface area contributed by atoms with Crippen LogP contribution in [0.1, 0.15) is 36.8 Å². The molecule has 0 radical (unpaired) electrons. The number of para-hydroxylation sites is 1. The van der Waals surface area contributed by atoms with E-state index in [1.165, 1.54) is 0 Å². The normalized spacial score (nSPS) is 27.0. The third-order valence-corrected chi connectivity index (χ3v) is 7.66. The molecule has 32 heavy (non-hydrogen) atoms. The Morgan fingerprint density at radius 1 is 1.06 bits per heavy atom. The van der Waals surface area contributed by atoms with Crippen molar-refractivity contribution >= 4 is 11.6 Å². The van der Waals surface area contributed by atoms with Gasteiger partial charge in [0.25, 0.3) is 11.6 Å². The van der Waals surface area contributed by atoms with Crippen LogP contribution in [0.3, 0.4) is 0 Å². The summed E-state index contributed by atoms with van der Waals surface area (Å²) in [4.78, 5) is 26.5. The summed E-state index contributed by atoms with van der Waals surface area (Å²) in [5.74, 6) is 0.342. The molecule has 7 heteroatoms. The van der Waals surface area contributed by atoms with Crippen LogP contribution >= 0.6 is 0 Å². The zero-order valence-electron chi connectivity index (χ0n) is 18.0. The van der Waals surface area contributed by atoms with E-state index in [-0.39, 0.29) is 28.5 Å². The number of nitrogens with one attached hydrogen (secondary N) is 1. The van der Waals surface area contributed by atoms with Crippen molar-refractivity contribution in [2.75, 3.05) is 13.1 Å². The van der Waals surface area contributed by atoms with Crippen molar-refractivity contribution in [3.63, 3.8) is 0 Å². The maximum Gasteiger partial charge on any atom is 0.273 e. The molecule has 1 heterocycles. The van der Waals surface area contributed by atoms with Gasteiger partial charge in [0.05, 0.1) is 4.92 Å². The van der Waals surface area contributed by atoms with Gasteiger partial charge in [-0.05, 0) is 30.2 Å². The number of nitro benzene ring substituents is 1. The van der Waals surface area contributed by atoms with Gasteiger partial charge in [0, 0.05) is 43.2 Å². The van der Waals surface area contributed by atoms with Gasteiger partial charge in [-0.1, -0.05) is 61.4 Å². The van der Waals surface area contributed by atoms with Gasteiger partial charge in [-0.3, -0.25) is 19.8 Å². The Morgan fingerprint density at radius 2 is 1.69 bits per heavy atom. The lowest BCUT2D eigenvalue weighted by molar-refractivity contribution is -0.385. The largest absolute Gasteiger partial charge is 0.375 e. The van der Waals surface area contributed by atoms with E-state index in [0.29, 0.717) is 23.9 Å². The lowest BCUT2D eigenvalue weighted by Crippen LogP contribution is -2.50. The van der Waals surface area contributed by atoms with E-state index in [4.69, 9.17) is 0 Å². The Hall–Kier alpha value is -2.77. The Bertz CT molecular complexity index is 995. The first-order valence-corrected chi connectivity index (χ1v) is 11.5. The highest BCUT2D eigenvalue weighted by Gasteiger charge is 2.58. The highest BCUT2D eigenvalue weighted by atomic mass is 16.6. The summed E-state index contributed by atoms with van der Waals surface area (Å²) in [6.45, 7) is 2.14. The average Bonchev–Trinajstić information content (AvgIpc) is 3.22. The highest BCUT2D eigenvalue weighted by Crippen LogP contribution is 2.47. The zero-order chi connectivity index (χ0) is 22.3. The summed E-state index contributed by atoms with van der Waals surface area (Å²) >= 11 is 0. The number of likely N-dealkylation sites (tertiary alicyclic amines) is 1. The molecule has 4 atom stereocenters. The van der Waals surface area contributed by atoms with E-state index >= 15 is 0 Å². The molecule has 7 nitrogen and oxygen atoms in total.